The molecule has 0 aliphatic carbocycles. The Morgan fingerprint density at radius 2 is 1.87 bits per heavy atom. The average molecular weight is 414 g/mol. The quantitative estimate of drug-likeness (QED) is 0.308. The first-order valence-electron chi connectivity index (χ1n) is 10.8. The van der Waals surface area contributed by atoms with E-state index in [1.54, 1.807) is 6.07 Å². The van der Waals surface area contributed by atoms with E-state index in [4.69, 9.17) is 4.74 Å². The molecule has 3 aromatic carbocycles. The number of aromatic nitrogens is 1. The second-order valence-electron chi connectivity index (χ2n) is 7.67. The molecule has 0 unspecified atom stereocenters. The van der Waals surface area contributed by atoms with E-state index in [0.717, 1.165) is 45.8 Å². The highest BCUT2D eigenvalue weighted by molar-refractivity contribution is 5.95. The van der Waals surface area contributed by atoms with Gasteiger partial charge >= 0.3 is 5.97 Å². The number of carboxylic acids is 1. The average Bonchev–Trinajstić information content (AvgIpc) is 3.15. The van der Waals surface area contributed by atoms with Crippen molar-refractivity contribution in [1.82, 2.24) is 4.57 Å². The number of aromatic carboxylic acids is 1. The van der Waals surface area contributed by atoms with Crippen molar-refractivity contribution in [3.63, 3.8) is 0 Å². The van der Waals surface area contributed by atoms with E-state index in [1.165, 1.54) is 0 Å². The summed E-state index contributed by atoms with van der Waals surface area (Å²) in [7, 11) is 0. The van der Waals surface area contributed by atoms with E-state index in [2.05, 4.69) is 43.3 Å². The minimum atomic E-state index is -0.908. The maximum Gasteiger partial charge on any atom is 0.352 e. The van der Waals surface area contributed by atoms with E-state index in [-0.39, 0.29) is 0 Å². The molecule has 0 atom stereocenters. The minimum Gasteiger partial charge on any atom is -0.493 e. The first kappa shape index (κ1) is 20.7. The molecule has 4 rings (SSSR count). The van der Waals surface area contributed by atoms with Gasteiger partial charge in [-0.2, -0.15) is 0 Å². The molecule has 31 heavy (non-hydrogen) atoms. The molecule has 1 N–H and O–H groups in total. The Morgan fingerprint density at radius 3 is 2.71 bits per heavy atom. The summed E-state index contributed by atoms with van der Waals surface area (Å²) in [6, 6.07) is 22.1. The highest BCUT2D eigenvalue weighted by Crippen LogP contribution is 2.26. The summed E-state index contributed by atoms with van der Waals surface area (Å²) in [6.07, 6.45) is 7.11. The molecule has 4 nitrogen and oxygen atoms in total. The maximum absolute atomic E-state index is 11.8. The van der Waals surface area contributed by atoms with Crippen LogP contribution in [-0.2, 0) is 6.54 Å². The zero-order valence-corrected chi connectivity index (χ0v) is 17.8. The number of ether oxygens (including phenoxy) is 1. The molecule has 4 aromatic rings. The smallest absolute Gasteiger partial charge is 0.352 e. The van der Waals surface area contributed by atoms with Crippen LogP contribution in [0.4, 0.5) is 0 Å². The van der Waals surface area contributed by atoms with E-state index in [9.17, 15) is 9.90 Å². The molecule has 0 saturated carbocycles. The summed E-state index contributed by atoms with van der Waals surface area (Å²) in [5.74, 6) is -0.0494. The molecule has 1 aromatic heterocycles. The fraction of sp³-hybridized carbons (Fsp3) is 0.222. The predicted molar refractivity (Wildman–Crippen MR) is 127 cm³/mol. The van der Waals surface area contributed by atoms with Crippen molar-refractivity contribution in [2.24, 2.45) is 0 Å². The van der Waals surface area contributed by atoms with Gasteiger partial charge in [0.15, 0.2) is 0 Å². The maximum atomic E-state index is 11.8. The van der Waals surface area contributed by atoms with Gasteiger partial charge in [-0.25, -0.2) is 4.79 Å². The van der Waals surface area contributed by atoms with E-state index < -0.39 is 5.97 Å². The monoisotopic (exact) mass is 413 g/mol. The molecule has 1 heterocycles. The molecular formula is C27H27NO3. The Balaban J connectivity index is 1.49. The van der Waals surface area contributed by atoms with E-state index >= 15 is 0 Å². The standard InChI is InChI=1S/C27H27NO3/c1-2-3-4-9-20-14-15-24-22(18-20)19-25(27(29)30)28(24)16-8-17-31-26-13-7-11-21-10-5-6-12-23(21)26/h4-7,9-15,18-19H,2-3,8,16-17H2,1H3,(H,29,30)/b9-4+. The Bertz CT molecular complexity index is 1230. The number of hydrogen-bond acceptors (Lipinski definition) is 2. The molecule has 158 valence electrons. The summed E-state index contributed by atoms with van der Waals surface area (Å²) in [5.41, 5.74) is 2.35. The Hall–Kier alpha value is -3.53. The number of hydrogen-bond donors (Lipinski definition) is 1. The number of allylic oxidation sites excluding steroid dienone is 1. The number of benzene rings is 3. The lowest BCUT2D eigenvalue weighted by atomic mass is 10.1. The zero-order valence-electron chi connectivity index (χ0n) is 17.8. The molecule has 0 radical (unpaired) electrons. The van der Waals surface area contributed by atoms with Crippen LogP contribution in [0.1, 0.15) is 42.2 Å². The van der Waals surface area contributed by atoms with Crippen molar-refractivity contribution < 1.29 is 14.6 Å². The first-order valence-corrected chi connectivity index (χ1v) is 10.8. The van der Waals surface area contributed by atoms with Crippen LogP contribution in [0.2, 0.25) is 0 Å². The van der Waals surface area contributed by atoms with Crippen LogP contribution in [0.25, 0.3) is 27.8 Å². The highest BCUT2D eigenvalue weighted by Gasteiger charge is 2.14. The number of fused-ring (bicyclic) bond motifs is 2. The molecular weight excluding hydrogens is 386 g/mol. The van der Waals surface area contributed by atoms with Crippen LogP contribution in [0.15, 0.2) is 72.8 Å². The largest absolute Gasteiger partial charge is 0.493 e. The van der Waals surface area contributed by atoms with Crippen LogP contribution < -0.4 is 4.74 Å². The normalized spacial score (nSPS) is 11.5. The molecule has 0 fully saturated rings. The second-order valence-corrected chi connectivity index (χ2v) is 7.67. The van der Waals surface area contributed by atoms with Crippen molar-refractivity contribution in [3.8, 4) is 5.75 Å². The SMILES string of the molecule is CCC/C=C/c1ccc2c(c1)cc(C(=O)O)n2CCCOc1cccc2ccccc12. The fourth-order valence-electron chi connectivity index (χ4n) is 3.92. The fourth-order valence-corrected chi connectivity index (χ4v) is 3.92. The minimum absolute atomic E-state index is 0.315. The van der Waals surface area contributed by atoms with Crippen molar-refractivity contribution in [1.29, 1.82) is 0 Å². The molecule has 0 spiro atoms. The van der Waals surface area contributed by atoms with Gasteiger partial charge in [-0.15, -0.1) is 0 Å². The molecule has 0 aliphatic heterocycles. The number of unbranched alkanes of at least 4 members (excludes halogenated alkanes) is 1. The van der Waals surface area contributed by atoms with Crippen LogP contribution in [0, 0.1) is 0 Å². The molecule has 0 saturated heterocycles. The van der Waals surface area contributed by atoms with Crippen LogP contribution in [0.3, 0.4) is 0 Å². The topological polar surface area (TPSA) is 51.5 Å². The zero-order chi connectivity index (χ0) is 21.6. The summed E-state index contributed by atoms with van der Waals surface area (Å²) in [5, 5.41) is 12.9. The van der Waals surface area contributed by atoms with E-state index in [0.29, 0.717) is 25.3 Å². The molecule has 0 aliphatic rings. The second kappa shape index (κ2) is 9.52. The van der Waals surface area contributed by atoms with E-state index in [1.807, 2.05) is 41.0 Å². The number of carbonyl (C=O) groups is 1. The van der Waals surface area contributed by atoms with Crippen molar-refractivity contribution >= 4 is 33.7 Å². The van der Waals surface area contributed by atoms with Gasteiger partial charge in [0.2, 0.25) is 0 Å². The molecule has 4 heteroatoms. The Morgan fingerprint density at radius 1 is 1.03 bits per heavy atom. The van der Waals surface area contributed by atoms with Gasteiger partial charge < -0.3 is 14.4 Å². The number of nitrogens with zero attached hydrogens (tertiary/aromatic N) is 1. The van der Waals surface area contributed by atoms with Crippen molar-refractivity contribution in [2.45, 2.75) is 32.7 Å². The predicted octanol–water partition coefficient (Wildman–Crippen LogP) is 6.78. The lowest BCUT2D eigenvalue weighted by Crippen LogP contribution is -2.11. The third-order valence-electron chi connectivity index (χ3n) is 5.44. The summed E-state index contributed by atoms with van der Waals surface area (Å²) in [6.45, 7) is 3.25. The van der Waals surface area contributed by atoms with Crippen molar-refractivity contribution in [3.05, 3.63) is 84.1 Å². The molecule has 0 bridgehead atoms. The molecule has 0 amide bonds. The lowest BCUT2D eigenvalue weighted by Gasteiger charge is -2.11. The van der Waals surface area contributed by atoms with Gasteiger partial charge in [-0.1, -0.05) is 68.0 Å². The Labute approximate surface area is 182 Å². The van der Waals surface area contributed by atoms with Gasteiger partial charge in [0.1, 0.15) is 11.4 Å². The van der Waals surface area contributed by atoms with Crippen molar-refractivity contribution in [2.75, 3.05) is 6.61 Å². The van der Waals surface area contributed by atoms with Gasteiger partial charge in [0.05, 0.1) is 6.61 Å². The summed E-state index contributed by atoms with van der Waals surface area (Å²) in [4.78, 5) is 11.8. The third-order valence-corrected chi connectivity index (χ3v) is 5.44. The Kier molecular flexibility index (Phi) is 6.37. The number of carboxylic acid groups (broad SMARTS) is 1. The van der Waals surface area contributed by atoms with Crippen LogP contribution in [0.5, 0.6) is 5.75 Å². The van der Waals surface area contributed by atoms with Gasteiger partial charge in [0.25, 0.3) is 0 Å². The number of aryl methyl sites for hydroxylation is 1. The summed E-state index contributed by atoms with van der Waals surface area (Å²) >= 11 is 0. The summed E-state index contributed by atoms with van der Waals surface area (Å²) < 4.78 is 7.91. The van der Waals surface area contributed by atoms with Crippen LogP contribution in [-0.4, -0.2) is 22.2 Å². The third kappa shape index (κ3) is 4.64. The highest BCUT2D eigenvalue weighted by atomic mass is 16.5. The number of rotatable bonds is 9. The first-order chi connectivity index (χ1) is 15.2. The van der Waals surface area contributed by atoms with Gasteiger partial charge in [-0.05, 0) is 48.1 Å². The van der Waals surface area contributed by atoms with Gasteiger partial charge in [0, 0.05) is 22.8 Å². The van der Waals surface area contributed by atoms with Crippen LogP contribution >= 0.6 is 0 Å². The van der Waals surface area contributed by atoms with Gasteiger partial charge in [-0.3, -0.25) is 0 Å². The lowest BCUT2D eigenvalue weighted by molar-refractivity contribution is 0.0685.